The van der Waals surface area contributed by atoms with Gasteiger partial charge in [0.1, 0.15) is 5.78 Å². The van der Waals surface area contributed by atoms with Crippen LogP contribution in [0.5, 0.6) is 0 Å². The third-order valence-corrected chi connectivity index (χ3v) is 8.78. The van der Waals surface area contributed by atoms with Crippen molar-refractivity contribution in [2.24, 2.45) is 5.41 Å². The summed E-state index contributed by atoms with van der Waals surface area (Å²) in [7, 11) is -8.42. The minimum atomic E-state index is -5.72. The molecule has 0 aromatic carbocycles. The number of unbranched alkanes of at least 4 members (excludes halogenated alkanes) is 2. The molecule has 0 rings (SSSR count). The maximum Gasteiger partial charge on any atom is 0.523 e. The Kier molecular flexibility index (Phi) is 8.79. The number of rotatable bonds is 10. The van der Waals surface area contributed by atoms with E-state index in [4.69, 9.17) is 3.63 Å². The number of carbonyl (C=O) groups is 1. The molecule has 0 bridgehead atoms. The molecule has 0 aliphatic rings. The number of halogens is 3. The Morgan fingerprint density at radius 3 is 1.67 bits per heavy atom. The summed E-state index contributed by atoms with van der Waals surface area (Å²) in [5.74, 6) is -0.172. The molecule has 0 aromatic heterocycles. The molecular formula is C15H29F3O4S2. The summed E-state index contributed by atoms with van der Waals surface area (Å²) in [4.78, 5) is 12.4. The Labute approximate surface area is 145 Å². The molecule has 0 aromatic rings. The maximum absolute atomic E-state index is 12.8. The van der Waals surface area contributed by atoms with Crippen LogP contribution in [0, 0.1) is 5.41 Å². The minimum Gasteiger partial charge on any atom is -0.298 e. The topological polar surface area (TPSA) is 60.4 Å². The third-order valence-electron chi connectivity index (χ3n) is 3.49. The summed E-state index contributed by atoms with van der Waals surface area (Å²) in [6.07, 6.45) is 2.40. The molecular weight excluding hydrogens is 365 g/mol. The predicted octanol–water partition coefficient (Wildman–Crippen LogP) is 4.79. The van der Waals surface area contributed by atoms with E-state index in [9.17, 15) is 26.4 Å². The molecule has 0 heterocycles. The van der Waals surface area contributed by atoms with Gasteiger partial charge in [-0.3, -0.25) is 4.79 Å². The largest absolute Gasteiger partial charge is 0.523 e. The standard InChI is InChI=1S/C15H29F3O4S2/c1-6-8-10-23(11-9-7-2,12-13(19)14(3,4)5)22-24(20,21)15(16,17)18/h6-12H2,1-5H3. The Bertz CT molecular complexity index is 500. The van der Waals surface area contributed by atoms with Gasteiger partial charge in [0.15, 0.2) is 0 Å². The first kappa shape index (κ1) is 23.7. The van der Waals surface area contributed by atoms with Crippen molar-refractivity contribution in [1.29, 1.82) is 0 Å². The van der Waals surface area contributed by atoms with Crippen molar-refractivity contribution in [3.05, 3.63) is 0 Å². The number of alkyl halides is 3. The molecule has 0 unspecified atom stereocenters. The average molecular weight is 395 g/mol. The first-order valence-corrected chi connectivity index (χ1v) is 11.5. The number of hydrogen-bond acceptors (Lipinski definition) is 4. The van der Waals surface area contributed by atoms with Crippen molar-refractivity contribution in [2.75, 3.05) is 17.3 Å². The van der Waals surface area contributed by atoms with E-state index in [1.807, 2.05) is 13.8 Å². The second kappa shape index (κ2) is 8.89. The summed E-state index contributed by atoms with van der Waals surface area (Å²) in [6.45, 7) is 8.70. The molecule has 0 aliphatic heterocycles. The lowest BCUT2D eigenvalue weighted by molar-refractivity contribution is -0.123. The van der Waals surface area contributed by atoms with Crippen molar-refractivity contribution >= 4 is 26.2 Å². The van der Waals surface area contributed by atoms with E-state index in [-0.39, 0.29) is 23.0 Å². The van der Waals surface area contributed by atoms with E-state index in [2.05, 4.69) is 0 Å². The monoisotopic (exact) mass is 394 g/mol. The maximum atomic E-state index is 12.8. The van der Waals surface area contributed by atoms with Crippen LogP contribution in [0.1, 0.15) is 60.3 Å². The van der Waals surface area contributed by atoms with Crippen LogP contribution < -0.4 is 0 Å². The van der Waals surface area contributed by atoms with Crippen molar-refractivity contribution in [1.82, 2.24) is 0 Å². The van der Waals surface area contributed by atoms with Gasteiger partial charge in [-0.1, -0.05) is 47.5 Å². The Hall–Kier alpha value is -0.280. The van der Waals surface area contributed by atoms with Gasteiger partial charge in [0.05, 0.1) is 5.75 Å². The van der Waals surface area contributed by atoms with Gasteiger partial charge in [0.25, 0.3) is 0 Å². The molecule has 0 atom stereocenters. The summed E-state index contributed by atoms with van der Waals surface area (Å²) in [6, 6.07) is 0. The number of Topliss-reactive ketones (excluding diaryl/α,β-unsaturated/α-hetero) is 1. The van der Waals surface area contributed by atoms with E-state index in [0.717, 1.165) is 0 Å². The third kappa shape index (κ3) is 7.31. The predicted molar refractivity (Wildman–Crippen MR) is 92.5 cm³/mol. The lowest BCUT2D eigenvalue weighted by Gasteiger charge is -2.39. The number of hydrogen-bond donors (Lipinski definition) is 0. The van der Waals surface area contributed by atoms with Crippen LogP contribution in [0.25, 0.3) is 0 Å². The number of ketones is 1. The van der Waals surface area contributed by atoms with Crippen LogP contribution in [-0.2, 0) is 18.5 Å². The highest BCUT2D eigenvalue weighted by molar-refractivity contribution is 8.33. The molecule has 9 heteroatoms. The zero-order valence-corrected chi connectivity index (χ0v) is 16.7. The fourth-order valence-corrected chi connectivity index (χ4v) is 7.44. The second-order valence-electron chi connectivity index (χ2n) is 6.87. The second-order valence-corrected chi connectivity index (χ2v) is 11.8. The molecule has 0 radical (unpaired) electrons. The van der Waals surface area contributed by atoms with Crippen molar-refractivity contribution < 1.29 is 30.0 Å². The van der Waals surface area contributed by atoms with Crippen LogP contribution in [0.2, 0.25) is 0 Å². The normalized spacial score (nSPS) is 14.7. The fourth-order valence-electron chi connectivity index (χ4n) is 1.84. The van der Waals surface area contributed by atoms with E-state index < -0.39 is 31.4 Å². The molecule has 4 nitrogen and oxygen atoms in total. The highest BCUT2D eigenvalue weighted by atomic mass is 32.3. The first-order chi connectivity index (χ1) is 10.7. The highest BCUT2D eigenvalue weighted by Crippen LogP contribution is 2.54. The van der Waals surface area contributed by atoms with Crippen LogP contribution >= 0.6 is 10.3 Å². The van der Waals surface area contributed by atoms with Gasteiger partial charge >= 0.3 is 15.6 Å². The van der Waals surface area contributed by atoms with Gasteiger partial charge < -0.3 is 0 Å². The summed E-state index contributed by atoms with van der Waals surface area (Å²) >= 11 is 0. The summed E-state index contributed by atoms with van der Waals surface area (Å²) in [5, 5.41) is 0. The van der Waals surface area contributed by atoms with Crippen molar-refractivity contribution in [3.8, 4) is 0 Å². The number of carbonyl (C=O) groups excluding carboxylic acids is 1. The van der Waals surface area contributed by atoms with Gasteiger partial charge in [0, 0.05) is 16.9 Å². The molecule has 146 valence electrons. The smallest absolute Gasteiger partial charge is 0.298 e. The fraction of sp³-hybridized carbons (Fsp3) is 0.933. The van der Waals surface area contributed by atoms with Gasteiger partial charge in [-0.15, -0.1) is 10.3 Å². The van der Waals surface area contributed by atoms with Crippen molar-refractivity contribution in [2.45, 2.75) is 65.8 Å². The molecule has 0 saturated heterocycles. The quantitative estimate of drug-likeness (QED) is 0.500. The van der Waals surface area contributed by atoms with Gasteiger partial charge in [-0.05, 0) is 12.8 Å². The van der Waals surface area contributed by atoms with E-state index in [1.165, 1.54) is 0 Å². The van der Waals surface area contributed by atoms with E-state index >= 15 is 0 Å². The van der Waals surface area contributed by atoms with Gasteiger partial charge in [-0.25, -0.2) is 3.63 Å². The molecule has 0 spiro atoms. The lowest BCUT2D eigenvalue weighted by Crippen LogP contribution is -2.34. The van der Waals surface area contributed by atoms with Crippen LogP contribution in [0.4, 0.5) is 13.2 Å². The molecule has 0 N–H and O–H groups in total. The zero-order valence-electron chi connectivity index (χ0n) is 15.0. The Balaban J connectivity index is 5.77. The average Bonchev–Trinajstić information content (AvgIpc) is 2.40. The van der Waals surface area contributed by atoms with Crippen molar-refractivity contribution in [3.63, 3.8) is 0 Å². The Morgan fingerprint density at radius 2 is 1.38 bits per heavy atom. The lowest BCUT2D eigenvalue weighted by atomic mass is 9.92. The van der Waals surface area contributed by atoms with Gasteiger partial charge in [-0.2, -0.15) is 21.6 Å². The molecule has 0 aliphatic carbocycles. The van der Waals surface area contributed by atoms with Gasteiger partial charge in [0.2, 0.25) is 0 Å². The molecule has 0 fully saturated rings. The summed E-state index contributed by atoms with van der Waals surface area (Å²) < 4.78 is 66.3. The zero-order chi connectivity index (χ0) is 19.2. The first-order valence-electron chi connectivity index (χ1n) is 8.03. The molecule has 0 amide bonds. The van der Waals surface area contributed by atoms with Crippen LogP contribution in [0.3, 0.4) is 0 Å². The van der Waals surface area contributed by atoms with Crippen LogP contribution in [-0.4, -0.2) is 37.0 Å². The SMILES string of the molecule is CCCCS(CCCC)(CC(=O)C(C)(C)C)OS(=O)(=O)C(F)(F)F. The molecule has 0 saturated carbocycles. The highest BCUT2D eigenvalue weighted by Gasteiger charge is 2.51. The minimum absolute atomic E-state index is 0.181. The van der Waals surface area contributed by atoms with E-state index in [0.29, 0.717) is 25.7 Å². The Morgan fingerprint density at radius 1 is 0.958 bits per heavy atom. The van der Waals surface area contributed by atoms with Crippen LogP contribution in [0.15, 0.2) is 0 Å². The van der Waals surface area contributed by atoms with E-state index in [1.54, 1.807) is 20.8 Å². The molecule has 24 heavy (non-hydrogen) atoms. The summed E-state index contributed by atoms with van der Waals surface area (Å²) in [5.41, 5.74) is -6.24.